The van der Waals surface area contributed by atoms with Crippen LogP contribution >= 0.6 is 0 Å². The summed E-state index contributed by atoms with van der Waals surface area (Å²) in [7, 11) is 1.80. The van der Waals surface area contributed by atoms with E-state index in [-0.39, 0.29) is 41.0 Å². The topological polar surface area (TPSA) is 112 Å². The molecule has 2 N–H and O–H groups in total. The van der Waals surface area contributed by atoms with Gasteiger partial charge in [0.25, 0.3) is 0 Å². The number of nitrogens with zero attached hydrogens (tertiary/aromatic N) is 6. The molecule has 29 heavy (non-hydrogen) atoms. The van der Waals surface area contributed by atoms with E-state index < -0.39 is 5.82 Å². The van der Waals surface area contributed by atoms with Gasteiger partial charge < -0.3 is 15.5 Å². The molecule has 10 heteroatoms. The molecule has 2 saturated carbocycles. The van der Waals surface area contributed by atoms with Crippen LogP contribution in [0.1, 0.15) is 13.3 Å². The number of nitrogens with one attached hydrogen (secondary N) is 2. The van der Waals surface area contributed by atoms with E-state index in [1.54, 1.807) is 24.1 Å². The predicted octanol–water partition coefficient (Wildman–Crippen LogP) is 1.19. The number of fused-ring (bicyclic) bond motifs is 1. The van der Waals surface area contributed by atoms with Crippen LogP contribution in [-0.4, -0.2) is 44.3 Å². The molecule has 1 saturated heterocycles. The number of aromatic nitrogens is 4. The van der Waals surface area contributed by atoms with E-state index in [4.69, 9.17) is 5.26 Å². The molecule has 3 fully saturated rings. The summed E-state index contributed by atoms with van der Waals surface area (Å²) in [4.78, 5) is 22.7. The Morgan fingerprint density at radius 2 is 2.28 bits per heavy atom. The number of amides is 1. The molecule has 5 atom stereocenters. The van der Waals surface area contributed by atoms with E-state index in [0.717, 1.165) is 6.20 Å². The lowest BCUT2D eigenvalue weighted by Crippen LogP contribution is -2.45. The van der Waals surface area contributed by atoms with Crippen LogP contribution in [0.15, 0.2) is 18.6 Å². The average molecular weight is 396 g/mol. The molecule has 1 aliphatic heterocycles. The fraction of sp³-hybridized carbons (Fsp3) is 0.526. The normalized spacial score (nSPS) is 31.7. The van der Waals surface area contributed by atoms with Crippen molar-refractivity contribution < 1.29 is 9.18 Å². The Kier molecular flexibility index (Phi) is 3.78. The van der Waals surface area contributed by atoms with Crippen LogP contribution in [-0.2, 0) is 11.8 Å². The van der Waals surface area contributed by atoms with Crippen molar-refractivity contribution in [3.63, 3.8) is 0 Å². The van der Waals surface area contributed by atoms with Gasteiger partial charge in [0.1, 0.15) is 0 Å². The van der Waals surface area contributed by atoms with Crippen LogP contribution in [0.3, 0.4) is 0 Å². The molecular formula is C19H21FN8O. The third-order valence-corrected chi connectivity index (χ3v) is 6.47. The van der Waals surface area contributed by atoms with Crippen LogP contribution in [0.5, 0.6) is 0 Å². The van der Waals surface area contributed by atoms with Crippen molar-refractivity contribution in [3.05, 3.63) is 24.4 Å². The van der Waals surface area contributed by atoms with Crippen LogP contribution in [0.4, 0.5) is 21.8 Å². The molecule has 0 radical (unpaired) electrons. The molecule has 2 aliphatic carbocycles. The fourth-order valence-electron chi connectivity index (χ4n) is 4.54. The van der Waals surface area contributed by atoms with Crippen molar-refractivity contribution in [2.24, 2.45) is 30.7 Å². The maximum Gasteiger partial charge on any atom is 0.229 e. The Morgan fingerprint density at radius 3 is 2.97 bits per heavy atom. The average Bonchev–Trinajstić information content (AvgIpc) is 3.46. The van der Waals surface area contributed by atoms with E-state index in [1.807, 2.05) is 4.90 Å². The summed E-state index contributed by atoms with van der Waals surface area (Å²) in [6.45, 7) is 3.21. The fourth-order valence-corrected chi connectivity index (χ4v) is 4.54. The molecule has 0 spiro atoms. The number of rotatable bonds is 5. The van der Waals surface area contributed by atoms with E-state index in [9.17, 15) is 9.18 Å². The van der Waals surface area contributed by atoms with Gasteiger partial charge in [-0.05, 0) is 12.3 Å². The molecule has 9 nitrogen and oxygen atoms in total. The van der Waals surface area contributed by atoms with Crippen molar-refractivity contribution in [2.75, 3.05) is 23.3 Å². The third kappa shape index (κ3) is 2.88. The first-order valence-corrected chi connectivity index (χ1v) is 9.66. The summed E-state index contributed by atoms with van der Waals surface area (Å²) in [5.41, 5.74) is 0.344. The number of halogens is 1. The third-order valence-electron chi connectivity index (χ3n) is 6.47. The maximum atomic E-state index is 14.5. The number of nitriles is 1. The molecule has 3 aliphatic rings. The number of hydrogen-bond donors (Lipinski definition) is 2. The molecule has 1 amide bonds. The van der Waals surface area contributed by atoms with Crippen molar-refractivity contribution in [2.45, 2.75) is 18.9 Å². The second kappa shape index (κ2) is 6.14. The van der Waals surface area contributed by atoms with Crippen LogP contribution in [0, 0.1) is 40.8 Å². The van der Waals surface area contributed by atoms with Crippen molar-refractivity contribution in [1.29, 1.82) is 5.26 Å². The maximum absolute atomic E-state index is 14.5. The zero-order valence-electron chi connectivity index (χ0n) is 16.1. The van der Waals surface area contributed by atoms with Crippen LogP contribution in [0.25, 0.3) is 0 Å². The van der Waals surface area contributed by atoms with Crippen molar-refractivity contribution in [1.82, 2.24) is 25.1 Å². The minimum Gasteiger partial charge on any atom is -0.351 e. The summed E-state index contributed by atoms with van der Waals surface area (Å²) in [6, 6.07) is 2.15. The van der Waals surface area contributed by atoms with E-state index in [0.29, 0.717) is 31.1 Å². The van der Waals surface area contributed by atoms with Gasteiger partial charge in [-0.25, -0.2) is 9.37 Å². The smallest absolute Gasteiger partial charge is 0.229 e. The first-order valence-electron chi connectivity index (χ1n) is 9.66. The minimum absolute atomic E-state index is 0.0603. The minimum atomic E-state index is -0.496. The first kappa shape index (κ1) is 17.8. The quantitative estimate of drug-likeness (QED) is 0.781. The summed E-state index contributed by atoms with van der Waals surface area (Å²) >= 11 is 0. The van der Waals surface area contributed by atoms with Crippen molar-refractivity contribution in [3.8, 4) is 6.07 Å². The van der Waals surface area contributed by atoms with Gasteiger partial charge in [-0.3, -0.25) is 9.48 Å². The summed E-state index contributed by atoms with van der Waals surface area (Å²) < 4.78 is 16.1. The van der Waals surface area contributed by atoms with Gasteiger partial charge in [0.15, 0.2) is 11.6 Å². The Labute approximate surface area is 166 Å². The largest absolute Gasteiger partial charge is 0.351 e. The van der Waals surface area contributed by atoms with Crippen molar-refractivity contribution >= 4 is 23.4 Å². The number of aryl methyl sites for hydroxylation is 1. The highest BCUT2D eigenvalue weighted by Gasteiger charge is 2.68. The van der Waals surface area contributed by atoms with Crippen LogP contribution in [0.2, 0.25) is 0 Å². The lowest BCUT2D eigenvalue weighted by atomic mass is 10.2. The predicted molar refractivity (Wildman–Crippen MR) is 101 cm³/mol. The van der Waals surface area contributed by atoms with E-state index >= 15 is 0 Å². The standard InChI is InChI=1S/C19H21FN8O/c1-10-14-8-28(9-19(10,14)26-17(29)13-3-11(13)4-21)16-15(20)6-22-18(25-16)24-12-5-23-27(2)7-12/h5-7,10-11,13-14H,3,8-9H2,1-2H3,(H,26,29)(H,22,24,25)/t10-,11-,13+,14+,19-/m0/s1. The van der Waals surface area contributed by atoms with Gasteiger partial charge in [-0.2, -0.15) is 15.3 Å². The second-order valence-corrected chi connectivity index (χ2v) is 8.28. The SMILES string of the molecule is C[C@H]1[C@H]2CN(c3nc(Nc4cnn(C)c4)ncc3F)C[C@@]21NC(=O)[C@@H]1C[C@H]1C#N. The van der Waals surface area contributed by atoms with Crippen LogP contribution < -0.4 is 15.5 Å². The molecule has 3 heterocycles. The molecule has 0 unspecified atom stereocenters. The molecule has 0 bridgehead atoms. The van der Waals surface area contributed by atoms with E-state index in [2.05, 4.69) is 38.7 Å². The molecular weight excluding hydrogens is 375 g/mol. The lowest BCUT2D eigenvalue weighted by molar-refractivity contribution is -0.123. The molecule has 2 aromatic rings. The van der Waals surface area contributed by atoms with Gasteiger partial charge in [0.2, 0.25) is 11.9 Å². The molecule has 0 aromatic carbocycles. The van der Waals surface area contributed by atoms with Gasteiger partial charge in [-0.15, -0.1) is 0 Å². The summed E-state index contributed by atoms with van der Waals surface area (Å²) in [5.74, 6) is 0.143. The van der Waals surface area contributed by atoms with Gasteiger partial charge >= 0.3 is 0 Å². The number of anilines is 3. The van der Waals surface area contributed by atoms with E-state index in [1.165, 1.54) is 0 Å². The molecule has 2 aromatic heterocycles. The van der Waals surface area contributed by atoms with Gasteiger partial charge in [0, 0.05) is 32.3 Å². The Balaban J connectivity index is 1.31. The lowest BCUT2D eigenvalue weighted by Gasteiger charge is -2.25. The van der Waals surface area contributed by atoms with Gasteiger partial charge in [0.05, 0.1) is 41.5 Å². The highest BCUT2D eigenvalue weighted by atomic mass is 19.1. The Hall–Kier alpha value is -3.22. The molecule has 5 rings (SSSR count). The highest BCUT2D eigenvalue weighted by Crippen LogP contribution is 2.56. The Bertz CT molecular complexity index is 1030. The monoisotopic (exact) mass is 396 g/mol. The number of hydrogen-bond acceptors (Lipinski definition) is 7. The number of carbonyl (C=O) groups excluding carboxylic acids is 1. The highest BCUT2D eigenvalue weighted by molar-refractivity contribution is 5.83. The Morgan fingerprint density at radius 1 is 1.45 bits per heavy atom. The second-order valence-electron chi connectivity index (χ2n) is 8.28. The molecule has 150 valence electrons. The number of carbonyl (C=O) groups is 1. The summed E-state index contributed by atoms with van der Waals surface area (Å²) in [6.07, 6.45) is 5.19. The van der Waals surface area contributed by atoms with Gasteiger partial charge in [-0.1, -0.05) is 6.92 Å². The zero-order chi connectivity index (χ0) is 20.3. The zero-order valence-corrected chi connectivity index (χ0v) is 16.1. The first-order chi connectivity index (χ1) is 13.9. The number of piperidine rings is 1. The summed E-state index contributed by atoms with van der Waals surface area (Å²) in [5, 5.41) is 19.2.